The second kappa shape index (κ2) is 14.9. The van der Waals surface area contributed by atoms with Crippen LogP contribution in [-0.2, 0) is 22.4 Å². The molecule has 1 aromatic carbocycles. The van der Waals surface area contributed by atoms with E-state index in [2.05, 4.69) is 34.7 Å². The first-order chi connectivity index (χ1) is 21.4. The van der Waals surface area contributed by atoms with Gasteiger partial charge in [0.15, 0.2) is 11.5 Å². The van der Waals surface area contributed by atoms with E-state index >= 15 is 0 Å². The second-order valence-electron chi connectivity index (χ2n) is 13.2. The topological polar surface area (TPSA) is 124 Å². The molecule has 0 radical (unpaired) electrons. The molecule has 240 valence electrons. The van der Waals surface area contributed by atoms with Gasteiger partial charge in [0, 0.05) is 54.1 Å². The van der Waals surface area contributed by atoms with Crippen molar-refractivity contribution >= 4 is 11.6 Å². The molecule has 8 heteroatoms. The van der Waals surface area contributed by atoms with Crippen molar-refractivity contribution in [1.82, 2.24) is 15.6 Å². The number of Topliss-reactive ketones (excluding diaryl/α,β-unsaturated/α-hetero) is 2. The smallest absolute Gasteiger partial charge is 0.161 e. The van der Waals surface area contributed by atoms with Gasteiger partial charge in [-0.3, -0.25) is 9.59 Å². The van der Waals surface area contributed by atoms with E-state index in [9.17, 15) is 19.8 Å². The van der Waals surface area contributed by atoms with Gasteiger partial charge in [0.2, 0.25) is 0 Å². The number of aliphatic hydroxyl groups excluding tert-OH is 1. The summed E-state index contributed by atoms with van der Waals surface area (Å²) >= 11 is 0. The van der Waals surface area contributed by atoms with Crippen LogP contribution in [0.2, 0.25) is 0 Å². The molecule has 0 unspecified atom stereocenters. The number of ketones is 2. The number of H-pyrrole nitrogens is 1. The minimum atomic E-state index is -0.624. The van der Waals surface area contributed by atoms with Crippen LogP contribution >= 0.6 is 0 Å². The lowest BCUT2D eigenvalue weighted by Crippen LogP contribution is -2.61. The number of ether oxygens (including phenoxy) is 1. The molecule has 0 bridgehead atoms. The number of phenols is 1. The van der Waals surface area contributed by atoms with E-state index in [-0.39, 0.29) is 60.7 Å². The highest BCUT2D eigenvalue weighted by Crippen LogP contribution is 2.58. The van der Waals surface area contributed by atoms with E-state index in [1.54, 1.807) is 7.11 Å². The molecule has 3 aliphatic rings. The first-order valence-corrected chi connectivity index (χ1v) is 16.7. The molecule has 8 nitrogen and oxygen atoms in total. The molecular weight excluding hydrogens is 554 g/mol. The van der Waals surface area contributed by atoms with E-state index in [4.69, 9.17) is 4.74 Å². The molecule has 0 spiro atoms. The summed E-state index contributed by atoms with van der Waals surface area (Å²) in [5.41, 5.74) is 3.46. The van der Waals surface area contributed by atoms with Gasteiger partial charge in [0.25, 0.3) is 0 Å². The minimum absolute atomic E-state index is 0.0129. The molecule has 3 heterocycles. The van der Waals surface area contributed by atoms with Gasteiger partial charge in [0.05, 0.1) is 26.3 Å². The van der Waals surface area contributed by atoms with Gasteiger partial charge >= 0.3 is 0 Å². The molecular formula is C36H51N3O5. The van der Waals surface area contributed by atoms with Gasteiger partial charge in [-0.05, 0) is 68.3 Å². The number of unbranched alkanes of at least 4 members (excludes halogenated alkanes) is 4. The Labute approximate surface area is 262 Å². The zero-order valence-corrected chi connectivity index (χ0v) is 26.5. The van der Waals surface area contributed by atoms with Crippen LogP contribution < -0.4 is 15.4 Å². The number of rotatable bonds is 16. The Kier molecular flexibility index (Phi) is 11.0. The summed E-state index contributed by atoms with van der Waals surface area (Å²) in [5.74, 6) is 0.737. The maximum absolute atomic E-state index is 12.8. The van der Waals surface area contributed by atoms with Gasteiger partial charge in [-0.15, -0.1) is 0 Å². The maximum atomic E-state index is 12.8. The number of nitrogens with one attached hydrogen (secondary N) is 3. The number of aromatic hydroxyl groups is 1. The molecule has 2 fully saturated rings. The molecule has 1 aromatic heterocycles. The number of carbonyl (C=O) groups excluding carboxylic acids is 2. The fourth-order valence-electron chi connectivity index (χ4n) is 8.18. The summed E-state index contributed by atoms with van der Waals surface area (Å²) in [4.78, 5) is 28.6. The number of piperidine rings is 2. The van der Waals surface area contributed by atoms with E-state index in [1.807, 2.05) is 24.4 Å². The highest BCUT2D eigenvalue weighted by molar-refractivity contribution is 5.99. The number of phenolic OH excluding ortho intramolecular Hbond substituents is 1. The van der Waals surface area contributed by atoms with Crippen LogP contribution in [0.15, 0.2) is 42.1 Å². The first-order valence-electron chi connectivity index (χ1n) is 16.7. The van der Waals surface area contributed by atoms with Crippen LogP contribution in [0.25, 0.3) is 0 Å². The summed E-state index contributed by atoms with van der Waals surface area (Å²) in [6, 6.07) is 7.87. The van der Waals surface area contributed by atoms with Crippen molar-refractivity contribution < 1.29 is 24.5 Å². The number of aryl methyl sites for hydroxylation is 1. The van der Waals surface area contributed by atoms with Crippen molar-refractivity contribution in [2.45, 2.75) is 96.1 Å². The summed E-state index contributed by atoms with van der Waals surface area (Å²) in [5, 5.41) is 30.2. The van der Waals surface area contributed by atoms with Gasteiger partial charge < -0.3 is 30.6 Å². The standard InChI is InChI=1S/C36H51N3O5/c1-3-4-5-6-7-10-27(41)20-28(42)12-11-24-18-30(34(43)31(19-24)44-2)33-29-14-17-39-35-32(29)25(13-16-38-35)21-36(33,23-40)22-26-9-8-15-37-26/h8-9,15,18-19,21,29,32-33,35,37-40,43H,3-7,10-14,16-17,20,22-23H2,1-2H3/t29-,32-,33+,35+,36+/m1/s1. The second-order valence-corrected chi connectivity index (χ2v) is 13.2. The molecule has 2 saturated heterocycles. The van der Waals surface area contributed by atoms with Gasteiger partial charge in [0.1, 0.15) is 11.6 Å². The molecule has 5 N–H and O–H groups in total. The first kappa shape index (κ1) is 32.5. The Balaban J connectivity index is 1.42. The quantitative estimate of drug-likeness (QED) is 0.0994. The van der Waals surface area contributed by atoms with Crippen molar-refractivity contribution in [3.8, 4) is 11.5 Å². The number of aromatic amines is 1. The molecule has 1 aliphatic carbocycles. The predicted molar refractivity (Wildman–Crippen MR) is 172 cm³/mol. The van der Waals surface area contributed by atoms with E-state index < -0.39 is 5.41 Å². The van der Waals surface area contributed by atoms with Crippen LogP contribution in [-0.4, -0.2) is 59.7 Å². The third kappa shape index (κ3) is 7.13. The number of benzene rings is 1. The largest absolute Gasteiger partial charge is 0.504 e. The third-order valence-corrected chi connectivity index (χ3v) is 10.2. The average molecular weight is 606 g/mol. The van der Waals surface area contributed by atoms with Crippen molar-refractivity contribution in [3.63, 3.8) is 0 Å². The minimum Gasteiger partial charge on any atom is -0.504 e. The molecule has 0 amide bonds. The highest BCUT2D eigenvalue weighted by Gasteiger charge is 2.53. The average Bonchev–Trinajstić information content (AvgIpc) is 3.54. The van der Waals surface area contributed by atoms with Gasteiger partial charge in [-0.2, -0.15) is 0 Å². The molecule has 44 heavy (non-hydrogen) atoms. The van der Waals surface area contributed by atoms with Gasteiger partial charge in [-0.1, -0.05) is 50.3 Å². The predicted octanol–water partition coefficient (Wildman–Crippen LogP) is 5.34. The monoisotopic (exact) mass is 605 g/mol. The lowest BCUT2D eigenvalue weighted by molar-refractivity contribution is -0.127. The highest BCUT2D eigenvalue weighted by atomic mass is 16.5. The normalized spacial score (nSPS) is 26.1. The fourth-order valence-corrected chi connectivity index (χ4v) is 8.18. The Hall–Kier alpha value is -2.94. The lowest BCUT2D eigenvalue weighted by atomic mass is 9.53. The number of hydrogen-bond donors (Lipinski definition) is 5. The lowest BCUT2D eigenvalue weighted by Gasteiger charge is -2.55. The molecule has 0 saturated carbocycles. The van der Waals surface area contributed by atoms with Crippen LogP contribution in [0.1, 0.15) is 93.9 Å². The van der Waals surface area contributed by atoms with E-state index in [0.717, 1.165) is 62.0 Å². The van der Waals surface area contributed by atoms with Crippen LogP contribution in [0, 0.1) is 17.3 Å². The molecule has 5 atom stereocenters. The molecule has 5 rings (SSSR count). The van der Waals surface area contributed by atoms with Crippen molar-refractivity contribution in [3.05, 3.63) is 58.9 Å². The number of methoxy groups -OCH3 is 1. The fraction of sp³-hybridized carbons (Fsp3) is 0.611. The zero-order chi connectivity index (χ0) is 31.1. The van der Waals surface area contributed by atoms with Crippen molar-refractivity contribution in [2.24, 2.45) is 17.3 Å². The third-order valence-electron chi connectivity index (χ3n) is 10.2. The molecule has 2 aliphatic heterocycles. The van der Waals surface area contributed by atoms with Crippen LogP contribution in [0.3, 0.4) is 0 Å². The van der Waals surface area contributed by atoms with Crippen molar-refractivity contribution in [1.29, 1.82) is 0 Å². The maximum Gasteiger partial charge on any atom is 0.161 e. The van der Waals surface area contributed by atoms with Crippen molar-refractivity contribution in [2.75, 3.05) is 26.8 Å². The number of aromatic nitrogens is 1. The Bertz CT molecular complexity index is 1300. The van der Waals surface area contributed by atoms with Crippen LogP contribution in [0.5, 0.6) is 11.5 Å². The van der Waals surface area contributed by atoms with Crippen LogP contribution in [0.4, 0.5) is 0 Å². The van der Waals surface area contributed by atoms with E-state index in [1.165, 1.54) is 18.4 Å². The molecule has 2 aromatic rings. The summed E-state index contributed by atoms with van der Waals surface area (Å²) in [6.45, 7) is 3.86. The zero-order valence-electron chi connectivity index (χ0n) is 26.5. The number of aliphatic hydroxyl groups is 1. The number of hydrogen-bond acceptors (Lipinski definition) is 7. The SMILES string of the molecule is CCCCCCCC(=O)CC(=O)CCc1cc(OC)c(O)c([C@@H]2[C@@H]3CCN[C@@H]4NCCC(=C[C@@]2(CO)Cc2ccc[nH]2)[C@@H]43)c1. The Morgan fingerprint density at radius 3 is 2.61 bits per heavy atom. The Morgan fingerprint density at radius 2 is 1.86 bits per heavy atom. The summed E-state index contributed by atoms with van der Waals surface area (Å²) in [6.07, 6.45) is 13.4. The van der Waals surface area contributed by atoms with Gasteiger partial charge in [-0.25, -0.2) is 0 Å². The summed E-state index contributed by atoms with van der Waals surface area (Å²) in [7, 11) is 1.55. The summed E-state index contributed by atoms with van der Waals surface area (Å²) < 4.78 is 5.68. The van der Waals surface area contributed by atoms with E-state index in [0.29, 0.717) is 25.0 Å². The number of carbonyl (C=O) groups is 2. The Morgan fingerprint density at radius 1 is 1.07 bits per heavy atom.